The predicted octanol–water partition coefficient (Wildman–Crippen LogP) is 2.94. The fraction of sp³-hybridized carbons (Fsp3) is 0.0833. The number of benzene rings is 1. The largest absolute Gasteiger partial charge is 0.340 e. The smallest absolute Gasteiger partial charge is 0.132 e. The van der Waals surface area contributed by atoms with Gasteiger partial charge >= 0.3 is 0 Å². The van der Waals surface area contributed by atoms with Crippen LogP contribution in [-0.2, 0) is 4.84 Å². The Morgan fingerprint density at radius 3 is 2.82 bits per heavy atom. The summed E-state index contributed by atoms with van der Waals surface area (Å²) in [5, 5.41) is 3.00. The number of hydrogen-bond donors (Lipinski definition) is 2. The molecule has 0 saturated carbocycles. The summed E-state index contributed by atoms with van der Waals surface area (Å²) in [7, 11) is 1.53. The highest BCUT2D eigenvalue weighted by atomic mass is 19.1. The van der Waals surface area contributed by atoms with Gasteiger partial charge in [-0.15, -0.1) is 0 Å². The van der Waals surface area contributed by atoms with Crippen molar-refractivity contribution in [2.24, 2.45) is 0 Å². The lowest BCUT2D eigenvalue weighted by molar-refractivity contribution is 0.271. The minimum atomic E-state index is -0.291. The molecule has 2 aromatic rings. The van der Waals surface area contributed by atoms with Crippen molar-refractivity contribution in [1.82, 2.24) is 4.98 Å². The van der Waals surface area contributed by atoms with Gasteiger partial charge in [-0.05, 0) is 24.3 Å². The van der Waals surface area contributed by atoms with E-state index >= 15 is 0 Å². The zero-order chi connectivity index (χ0) is 12.1. The van der Waals surface area contributed by atoms with Crippen molar-refractivity contribution < 1.29 is 9.23 Å². The van der Waals surface area contributed by atoms with Crippen LogP contribution in [0.25, 0.3) is 0 Å². The van der Waals surface area contributed by atoms with Crippen molar-refractivity contribution in [3.8, 4) is 0 Å². The van der Waals surface area contributed by atoms with Crippen LogP contribution < -0.4 is 10.8 Å². The first-order valence-electron chi connectivity index (χ1n) is 5.05. The zero-order valence-electron chi connectivity index (χ0n) is 9.27. The molecule has 5 heteroatoms. The monoisotopic (exact) mass is 233 g/mol. The molecule has 0 aliphatic heterocycles. The summed E-state index contributed by atoms with van der Waals surface area (Å²) in [6, 6.07) is 9.71. The molecular formula is C12H12FN3O. The van der Waals surface area contributed by atoms with Crippen LogP contribution in [0.1, 0.15) is 0 Å². The van der Waals surface area contributed by atoms with E-state index in [1.54, 1.807) is 30.5 Å². The molecule has 88 valence electrons. The molecular weight excluding hydrogens is 221 g/mol. The Balaban J connectivity index is 2.15. The number of halogens is 1. The van der Waals surface area contributed by atoms with E-state index in [0.717, 1.165) is 5.69 Å². The molecule has 0 radical (unpaired) electrons. The molecule has 1 aromatic heterocycles. The second kappa shape index (κ2) is 5.27. The first-order chi connectivity index (χ1) is 8.28. The van der Waals surface area contributed by atoms with Crippen molar-refractivity contribution in [2.75, 3.05) is 17.9 Å². The molecule has 0 spiro atoms. The van der Waals surface area contributed by atoms with Crippen molar-refractivity contribution in [3.05, 3.63) is 48.4 Å². The molecule has 17 heavy (non-hydrogen) atoms. The van der Waals surface area contributed by atoms with Crippen LogP contribution >= 0.6 is 0 Å². The van der Waals surface area contributed by atoms with Crippen molar-refractivity contribution in [3.63, 3.8) is 0 Å². The van der Waals surface area contributed by atoms with E-state index < -0.39 is 0 Å². The van der Waals surface area contributed by atoms with E-state index in [9.17, 15) is 4.39 Å². The van der Waals surface area contributed by atoms with Crippen LogP contribution in [0.2, 0.25) is 0 Å². The first-order valence-corrected chi connectivity index (χ1v) is 5.05. The zero-order valence-corrected chi connectivity index (χ0v) is 9.27. The second-order valence-corrected chi connectivity index (χ2v) is 3.37. The molecule has 0 atom stereocenters. The molecule has 2 N–H and O–H groups in total. The Morgan fingerprint density at radius 1 is 1.18 bits per heavy atom. The summed E-state index contributed by atoms with van der Waals surface area (Å²) in [6.45, 7) is 0. The Kier molecular flexibility index (Phi) is 3.52. The minimum Gasteiger partial charge on any atom is -0.340 e. The highest BCUT2D eigenvalue weighted by Crippen LogP contribution is 2.18. The fourth-order valence-electron chi connectivity index (χ4n) is 1.39. The van der Waals surface area contributed by atoms with Crippen molar-refractivity contribution in [1.29, 1.82) is 0 Å². The van der Waals surface area contributed by atoms with E-state index in [2.05, 4.69) is 15.8 Å². The average molecular weight is 233 g/mol. The lowest BCUT2D eigenvalue weighted by Gasteiger charge is -2.07. The summed E-state index contributed by atoms with van der Waals surface area (Å²) in [4.78, 5) is 8.90. The van der Waals surface area contributed by atoms with E-state index in [4.69, 9.17) is 4.84 Å². The fourth-order valence-corrected chi connectivity index (χ4v) is 1.39. The van der Waals surface area contributed by atoms with Crippen LogP contribution in [0.3, 0.4) is 0 Å². The SMILES string of the molecule is CONc1ccnc(Nc2cccc(F)c2)c1. The number of pyridine rings is 1. The molecule has 4 nitrogen and oxygen atoms in total. The van der Waals surface area contributed by atoms with Gasteiger partial charge < -0.3 is 5.32 Å². The van der Waals surface area contributed by atoms with Gasteiger partial charge in [0.1, 0.15) is 11.6 Å². The Labute approximate surface area is 98.4 Å². The Hall–Kier alpha value is -2.14. The van der Waals surface area contributed by atoms with Gasteiger partial charge in [-0.1, -0.05) is 6.07 Å². The second-order valence-electron chi connectivity index (χ2n) is 3.37. The molecule has 0 fully saturated rings. The lowest BCUT2D eigenvalue weighted by Crippen LogP contribution is -1.98. The molecule has 0 amide bonds. The van der Waals surface area contributed by atoms with Crippen LogP contribution in [0, 0.1) is 5.82 Å². The van der Waals surface area contributed by atoms with Gasteiger partial charge in [-0.3, -0.25) is 10.3 Å². The molecule has 0 saturated heterocycles. The number of nitrogens with zero attached hydrogens (tertiary/aromatic N) is 1. The van der Waals surface area contributed by atoms with Gasteiger partial charge in [-0.2, -0.15) is 0 Å². The van der Waals surface area contributed by atoms with E-state index in [1.807, 2.05) is 0 Å². The quantitative estimate of drug-likeness (QED) is 0.797. The molecule has 0 aliphatic rings. The third-order valence-electron chi connectivity index (χ3n) is 2.08. The Bertz CT molecular complexity index is 505. The summed E-state index contributed by atoms with van der Waals surface area (Å²) >= 11 is 0. The number of anilines is 3. The van der Waals surface area contributed by atoms with Gasteiger partial charge in [0.15, 0.2) is 0 Å². The van der Waals surface area contributed by atoms with E-state index in [1.165, 1.54) is 19.2 Å². The topological polar surface area (TPSA) is 46.2 Å². The maximum absolute atomic E-state index is 13.0. The maximum atomic E-state index is 13.0. The number of aromatic nitrogens is 1. The number of rotatable bonds is 4. The summed E-state index contributed by atoms with van der Waals surface area (Å²) in [6.07, 6.45) is 1.63. The van der Waals surface area contributed by atoms with Gasteiger partial charge in [0.05, 0.1) is 12.8 Å². The molecule has 2 rings (SSSR count). The van der Waals surface area contributed by atoms with Gasteiger partial charge in [0, 0.05) is 18.0 Å². The normalized spacial score (nSPS) is 10.0. The van der Waals surface area contributed by atoms with Crippen molar-refractivity contribution in [2.45, 2.75) is 0 Å². The van der Waals surface area contributed by atoms with Crippen LogP contribution in [0.4, 0.5) is 21.6 Å². The average Bonchev–Trinajstić information content (AvgIpc) is 2.30. The first kappa shape index (κ1) is 11.3. The summed E-state index contributed by atoms with van der Waals surface area (Å²) in [5.74, 6) is 0.318. The van der Waals surface area contributed by atoms with Gasteiger partial charge in [-0.25, -0.2) is 9.37 Å². The van der Waals surface area contributed by atoms with Crippen molar-refractivity contribution >= 4 is 17.2 Å². The third kappa shape index (κ3) is 3.15. The maximum Gasteiger partial charge on any atom is 0.132 e. The molecule has 1 heterocycles. The standard InChI is InChI=1S/C12H12FN3O/c1-17-16-11-5-6-14-12(8-11)15-10-4-2-3-9(13)7-10/h2-8H,1H3,(H2,14,15,16). The lowest BCUT2D eigenvalue weighted by atomic mass is 10.3. The Morgan fingerprint density at radius 2 is 2.06 bits per heavy atom. The van der Waals surface area contributed by atoms with E-state index in [-0.39, 0.29) is 5.82 Å². The van der Waals surface area contributed by atoms with Crippen LogP contribution in [0.15, 0.2) is 42.6 Å². The summed E-state index contributed by atoms with van der Waals surface area (Å²) < 4.78 is 13.0. The predicted molar refractivity (Wildman–Crippen MR) is 64.6 cm³/mol. The third-order valence-corrected chi connectivity index (χ3v) is 2.08. The highest BCUT2D eigenvalue weighted by molar-refractivity contribution is 5.60. The molecule has 1 aromatic carbocycles. The number of nitrogens with one attached hydrogen (secondary N) is 2. The molecule has 0 aliphatic carbocycles. The molecule has 0 bridgehead atoms. The number of hydrogen-bond acceptors (Lipinski definition) is 4. The summed E-state index contributed by atoms with van der Waals surface area (Å²) in [5.41, 5.74) is 4.10. The van der Waals surface area contributed by atoms with Gasteiger partial charge in [0.2, 0.25) is 0 Å². The van der Waals surface area contributed by atoms with E-state index in [0.29, 0.717) is 11.5 Å². The molecule has 0 unspecified atom stereocenters. The highest BCUT2D eigenvalue weighted by Gasteiger charge is 1.99. The minimum absolute atomic E-state index is 0.291. The van der Waals surface area contributed by atoms with Crippen LogP contribution in [-0.4, -0.2) is 12.1 Å². The van der Waals surface area contributed by atoms with Crippen LogP contribution in [0.5, 0.6) is 0 Å². The van der Waals surface area contributed by atoms with Gasteiger partial charge in [0.25, 0.3) is 0 Å².